The van der Waals surface area contributed by atoms with Crippen LogP contribution in [0.15, 0.2) is 18.2 Å². The maximum Gasteiger partial charge on any atom is 0.0643 e. The van der Waals surface area contributed by atoms with Crippen molar-refractivity contribution in [1.29, 1.82) is 5.26 Å². The summed E-state index contributed by atoms with van der Waals surface area (Å²) in [6.45, 7) is 6.17. The van der Waals surface area contributed by atoms with Crippen LogP contribution in [0.25, 0.3) is 0 Å². The van der Waals surface area contributed by atoms with E-state index < -0.39 is 0 Å². The molecule has 0 saturated heterocycles. The third kappa shape index (κ3) is 2.77. The molecule has 0 saturated carbocycles. The molecule has 0 radical (unpaired) electrons. The van der Waals surface area contributed by atoms with E-state index in [1.807, 2.05) is 6.92 Å². The lowest BCUT2D eigenvalue weighted by atomic mass is 10.1. The topological polar surface area (TPSA) is 35.8 Å². The first-order chi connectivity index (χ1) is 6.63. The molecule has 1 unspecified atom stereocenters. The van der Waals surface area contributed by atoms with E-state index in [0.717, 1.165) is 5.69 Å². The van der Waals surface area contributed by atoms with Crippen LogP contribution < -0.4 is 5.32 Å². The summed E-state index contributed by atoms with van der Waals surface area (Å²) in [7, 11) is 0. The predicted octanol–water partition coefficient (Wildman–Crippen LogP) is 3.02. The molecule has 74 valence electrons. The van der Waals surface area contributed by atoms with Crippen molar-refractivity contribution in [3.63, 3.8) is 0 Å². The Labute approximate surface area is 85.6 Å². The van der Waals surface area contributed by atoms with Crippen LogP contribution in [-0.4, -0.2) is 6.04 Å². The summed E-state index contributed by atoms with van der Waals surface area (Å²) in [5.41, 5.74) is 3.62. The third-order valence-corrected chi connectivity index (χ3v) is 2.18. The molecule has 2 heteroatoms. The van der Waals surface area contributed by atoms with E-state index in [-0.39, 0.29) is 6.04 Å². The van der Waals surface area contributed by atoms with Gasteiger partial charge in [0.15, 0.2) is 0 Å². The molecule has 0 aromatic heterocycles. The number of hydrogen-bond acceptors (Lipinski definition) is 2. The summed E-state index contributed by atoms with van der Waals surface area (Å²) in [5, 5.41) is 11.9. The van der Waals surface area contributed by atoms with E-state index >= 15 is 0 Å². The van der Waals surface area contributed by atoms with Crippen molar-refractivity contribution >= 4 is 5.69 Å². The first-order valence-electron chi connectivity index (χ1n) is 4.84. The Morgan fingerprint density at radius 2 is 2.14 bits per heavy atom. The van der Waals surface area contributed by atoms with Crippen LogP contribution in [0, 0.1) is 25.2 Å². The van der Waals surface area contributed by atoms with Crippen LogP contribution in [0.4, 0.5) is 5.69 Å². The quantitative estimate of drug-likeness (QED) is 0.791. The average Bonchev–Trinajstić information content (AvgIpc) is 2.10. The molecule has 0 bridgehead atoms. The Hall–Kier alpha value is -1.49. The van der Waals surface area contributed by atoms with E-state index in [0.29, 0.717) is 6.42 Å². The maximum atomic E-state index is 8.54. The number of rotatable bonds is 3. The summed E-state index contributed by atoms with van der Waals surface area (Å²) >= 11 is 0. The predicted molar refractivity (Wildman–Crippen MR) is 59.2 cm³/mol. The van der Waals surface area contributed by atoms with Crippen molar-refractivity contribution in [3.05, 3.63) is 29.3 Å². The van der Waals surface area contributed by atoms with Gasteiger partial charge in [0.1, 0.15) is 0 Å². The average molecular weight is 188 g/mol. The van der Waals surface area contributed by atoms with Crippen LogP contribution in [0.5, 0.6) is 0 Å². The first kappa shape index (κ1) is 10.6. The van der Waals surface area contributed by atoms with Crippen LogP contribution >= 0.6 is 0 Å². The molecule has 1 aromatic rings. The Kier molecular flexibility index (Phi) is 3.53. The highest BCUT2D eigenvalue weighted by molar-refractivity contribution is 5.52. The molecule has 2 nitrogen and oxygen atoms in total. The van der Waals surface area contributed by atoms with Gasteiger partial charge in [0, 0.05) is 11.7 Å². The Morgan fingerprint density at radius 1 is 1.43 bits per heavy atom. The van der Waals surface area contributed by atoms with Crippen molar-refractivity contribution in [3.8, 4) is 6.07 Å². The fourth-order valence-electron chi connectivity index (χ4n) is 1.43. The van der Waals surface area contributed by atoms with Crippen molar-refractivity contribution in [1.82, 2.24) is 0 Å². The molecular formula is C12H16N2. The second-order valence-corrected chi connectivity index (χ2v) is 3.73. The van der Waals surface area contributed by atoms with E-state index in [4.69, 9.17) is 5.26 Å². The fraction of sp³-hybridized carbons (Fsp3) is 0.417. The van der Waals surface area contributed by atoms with Gasteiger partial charge in [-0.2, -0.15) is 5.26 Å². The molecule has 0 aliphatic heterocycles. The van der Waals surface area contributed by atoms with Gasteiger partial charge in [0.25, 0.3) is 0 Å². The second-order valence-electron chi connectivity index (χ2n) is 3.73. The highest BCUT2D eigenvalue weighted by atomic mass is 14.9. The van der Waals surface area contributed by atoms with E-state index in [9.17, 15) is 0 Å². The van der Waals surface area contributed by atoms with Crippen molar-refractivity contribution in [2.75, 3.05) is 5.32 Å². The number of benzene rings is 1. The molecule has 1 rings (SSSR count). The zero-order valence-corrected chi connectivity index (χ0v) is 8.96. The molecule has 1 N–H and O–H groups in total. The molecule has 0 heterocycles. The van der Waals surface area contributed by atoms with Gasteiger partial charge in [-0.1, -0.05) is 17.7 Å². The largest absolute Gasteiger partial charge is 0.381 e. The molecule has 0 aliphatic rings. The molecule has 0 amide bonds. The Balaban J connectivity index is 2.73. The lowest BCUT2D eigenvalue weighted by molar-refractivity contribution is 0.819. The van der Waals surface area contributed by atoms with Gasteiger partial charge in [-0.15, -0.1) is 0 Å². The summed E-state index contributed by atoms with van der Waals surface area (Å²) in [4.78, 5) is 0. The minimum Gasteiger partial charge on any atom is -0.381 e. The Morgan fingerprint density at radius 3 is 2.71 bits per heavy atom. The van der Waals surface area contributed by atoms with Gasteiger partial charge >= 0.3 is 0 Å². The minimum atomic E-state index is 0.210. The van der Waals surface area contributed by atoms with Gasteiger partial charge in [0.2, 0.25) is 0 Å². The van der Waals surface area contributed by atoms with Crippen LogP contribution in [0.3, 0.4) is 0 Å². The summed E-state index contributed by atoms with van der Waals surface area (Å²) in [5.74, 6) is 0. The molecule has 0 aliphatic carbocycles. The van der Waals surface area contributed by atoms with Gasteiger partial charge in [-0.25, -0.2) is 0 Å². The highest BCUT2D eigenvalue weighted by Gasteiger charge is 2.03. The fourth-order valence-corrected chi connectivity index (χ4v) is 1.43. The molecule has 14 heavy (non-hydrogen) atoms. The monoisotopic (exact) mass is 188 g/mol. The number of hydrogen-bond donors (Lipinski definition) is 1. The number of nitrogens with zero attached hydrogens (tertiary/aromatic N) is 1. The summed E-state index contributed by atoms with van der Waals surface area (Å²) in [6, 6.07) is 8.65. The van der Waals surface area contributed by atoms with Crippen LogP contribution in [-0.2, 0) is 0 Å². The zero-order valence-electron chi connectivity index (χ0n) is 8.96. The summed E-state index contributed by atoms with van der Waals surface area (Å²) in [6.07, 6.45) is 0.535. The lowest BCUT2D eigenvalue weighted by Gasteiger charge is -2.14. The van der Waals surface area contributed by atoms with E-state index in [2.05, 4.69) is 43.4 Å². The summed E-state index contributed by atoms with van der Waals surface area (Å²) < 4.78 is 0. The van der Waals surface area contributed by atoms with Crippen molar-refractivity contribution in [2.24, 2.45) is 0 Å². The normalized spacial score (nSPS) is 11.9. The Bertz CT molecular complexity index is 350. The van der Waals surface area contributed by atoms with Crippen LogP contribution in [0.2, 0.25) is 0 Å². The zero-order chi connectivity index (χ0) is 10.6. The molecule has 0 spiro atoms. The van der Waals surface area contributed by atoms with Gasteiger partial charge in [0.05, 0.1) is 12.5 Å². The SMILES string of the molecule is Cc1ccc(NC(C)CC#N)c(C)c1. The van der Waals surface area contributed by atoms with Crippen molar-refractivity contribution in [2.45, 2.75) is 33.2 Å². The number of anilines is 1. The number of aryl methyl sites for hydroxylation is 2. The molecule has 1 atom stereocenters. The van der Waals surface area contributed by atoms with Gasteiger partial charge < -0.3 is 5.32 Å². The highest BCUT2D eigenvalue weighted by Crippen LogP contribution is 2.17. The molecule has 1 aromatic carbocycles. The van der Waals surface area contributed by atoms with Gasteiger partial charge in [-0.05, 0) is 32.4 Å². The third-order valence-electron chi connectivity index (χ3n) is 2.18. The van der Waals surface area contributed by atoms with E-state index in [1.165, 1.54) is 11.1 Å². The second kappa shape index (κ2) is 4.66. The molecule has 0 fully saturated rings. The molecular weight excluding hydrogens is 172 g/mol. The first-order valence-corrected chi connectivity index (χ1v) is 4.84. The maximum absolute atomic E-state index is 8.54. The number of nitrogens with one attached hydrogen (secondary N) is 1. The van der Waals surface area contributed by atoms with Crippen LogP contribution in [0.1, 0.15) is 24.5 Å². The lowest BCUT2D eigenvalue weighted by Crippen LogP contribution is -2.14. The minimum absolute atomic E-state index is 0.210. The smallest absolute Gasteiger partial charge is 0.0643 e. The number of nitriles is 1. The van der Waals surface area contributed by atoms with Crippen molar-refractivity contribution < 1.29 is 0 Å². The van der Waals surface area contributed by atoms with E-state index in [1.54, 1.807) is 0 Å². The van der Waals surface area contributed by atoms with Gasteiger partial charge in [-0.3, -0.25) is 0 Å². The standard InChI is InChI=1S/C12H16N2/c1-9-4-5-12(10(2)8-9)14-11(3)6-7-13/h4-5,8,11,14H,6H2,1-3H3.